The highest BCUT2D eigenvalue weighted by Crippen LogP contribution is 2.31. The van der Waals surface area contributed by atoms with Crippen LogP contribution in [0.25, 0.3) is 21.3 Å². The van der Waals surface area contributed by atoms with Crippen molar-refractivity contribution in [2.24, 2.45) is 0 Å². The number of nitrogens with zero attached hydrogens (tertiary/aromatic N) is 2. The van der Waals surface area contributed by atoms with Gasteiger partial charge in [-0.25, -0.2) is 9.37 Å². The lowest BCUT2D eigenvalue weighted by atomic mass is 10.1. The van der Waals surface area contributed by atoms with Crippen LogP contribution in [0, 0.1) is 5.82 Å². The Hall–Kier alpha value is -3.72. The van der Waals surface area contributed by atoms with Gasteiger partial charge in [-0.2, -0.15) is 0 Å². The summed E-state index contributed by atoms with van der Waals surface area (Å²) in [6.45, 7) is 4.41. The van der Waals surface area contributed by atoms with Crippen LogP contribution in [0.5, 0.6) is 11.5 Å². The molecule has 0 fully saturated rings. The second-order valence-corrected chi connectivity index (χ2v) is 7.94. The van der Waals surface area contributed by atoms with Gasteiger partial charge in [0.15, 0.2) is 0 Å². The van der Waals surface area contributed by atoms with Crippen LogP contribution in [-0.4, -0.2) is 28.7 Å². The number of thiophene rings is 1. The zero-order chi connectivity index (χ0) is 23.4. The van der Waals surface area contributed by atoms with Crippen LogP contribution in [0.4, 0.5) is 10.1 Å². The Bertz CT molecular complexity index is 1350. The highest BCUT2D eigenvalue weighted by molar-refractivity contribution is 7.17. The first-order chi connectivity index (χ1) is 16.0. The van der Waals surface area contributed by atoms with Gasteiger partial charge in [0, 0.05) is 17.0 Å². The summed E-state index contributed by atoms with van der Waals surface area (Å²) in [5.41, 5.74) is 1.48. The van der Waals surface area contributed by atoms with Gasteiger partial charge in [-0.1, -0.05) is 12.1 Å². The van der Waals surface area contributed by atoms with Crippen LogP contribution >= 0.6 is 11.3 Å². The molecule has 0 spiro atoms. The van der Waals surface area contributed by atoms with Crippen molar-refractivity contribution in [2.75, 3.05) is 18.5 Å². The molecule has 0 unspecified atom stereocenters. The Labute approximate surface area is 193 Å². The molecule has 0 radical (unpaired) electrons. The third kappa shape index (κ3) is 4.88. The van der Waals surface area contributed by atoms with E-state index in [4.69, 9.17) is 9.47 Å². The van der Waals surface area contributed by atoms with Crippen LogP contribution in [-0.2, 0) is 11.3 Å². The van der Waals surface area contributed by atoms with E-state index in [1.807, 2.05) is 19.2 Å². The first-order valence-corrected chi connectivity index (χ1v) is 11.3. The highest BCUT2D eigenvalue weighted by atomic mass is 32.1. The lowest BCUT2D eigenvalue weighted by Crippen LogP contribution is -2.28. The predicted octanol–water partition coefficient (Wildman–Crippen LogP) is 4.70. The highest BCUT2D eigenvalue weighted by Gasteiger charge is 2.16. The van der Waals surface area contributed by atoms with Gasteiger partial charge in [0.05, 0.1) is 30.6 Å². The van der Waals surface area contributed by atoms with E-state index >= 15 is 0 Å². The van der Waals surface area contributed by atoms with Crippen molar-refractivity contribution >= 4 is 33.1 Å². The van der Waals surface area contributed by atoms with Crippen LogP contribution in [0.3, 0.4) is 0 Å². The molecule has 170 valence electrons. The third-order valence-electron chi connectivity index (χ3n) is 4.87. The van der Waals surface area contributed by atoms with Crippen molar-refractivity contribution in [3.63, 3.8) is 0 Å². The fraction of sp³-hybridized carbons (Fsp3) is 0.208. The van der Waals surface area contributed by atoms with Crippen molar-refractivity contribution in [1.82, 2.24) is 9.55 Å². The minimum Gasteiger partial charge on any atom is -0.494 e. The lowest BCUT2D eigenvalue weighted by Gasteiger charge is -2.14. The molecule has 0 atom stereocenters. The average molecular weight is 468 g/mol. The third-order valence-corrected chi connectivity index (χ3v) is 5.75. The Balaban J connectivity index is 1.62. The summed E-state index contributed by atoms with van der Waals surface area (Å²) in [7, 11) is 0. The molecule has 4 rings (SSSR count). The topological polar surface area (TPSA) is 82.4 Å². The number of carbonyl (C=O) groups excluding carboxylic acids is 1. The van der Waals surface area contributed by atoms with E-state index in [1.54, 1.807) is 30.3 Å². The number of rotatable bonds is 8. The smallest absolute Gasteiger partial charge is 0.263 e. The van der Waals surface area contributed by atoms with E-state index in [-0.39, 0.29) is 17.9 Å². The summed E-state index contributed by atoms with van der Waals surface area (Å²) in [5, 5.41) is 5.00. The molecular weight excluding hydrogens is 445 g/mol. The zero-order valence-corrected chi connectivity index (χ0v) is 18.9. The van der Waals surface area contributed by atoms with Gasteiger partial charge in [-0.3, -0.25) is 14.2 Å². The van der Waals surface area contributed by atoms with Gasteiger partial charge in [0.1, 0.15) is 28.7 Å². The van der Waals surface area contributed by atoms with E-state index in [0.717, 1.165) is 0 Å². The van der Waals surface area contributed by atoms with Crippen LogP contribution < -0.4 is 20.3 Å². The standard InChI is InChI=1S/C24H22FN3O4S/c1-3-31-17-9-10-20(32-4-2)19(11-17)27-21(29)12-28-14-26-23-22(24(28)30)18(13-33-23)15-5-7-16(25)8-6-15/h5-11,13-14H,3-4,12H2,1-2H3,(H,27,29). The van der Waals surface area contributed by atoms with Crippen LogP contribution in [0.1, 0.15) is 13.8 Å². The molecule has 4 aromatic rings. The number of fused-ring (bicyclic) bond motifs is 1. The maximum Gasteiger partial charge on any atom is 0.263 e. The van der Waals surface area contributed by atoms with Gasteiger partial charge < -0.3 is 14.8 Å². The lowest BCUT2D eigenvalue weighted by molar-refractivity contribution is -0.116. The molecule has 2 heterocycles. The average Bonchev–Trinajstić information content (AvgIpc) is 3.23. The minimum absolute atomic E-state index is 0.231. The Morgan fingerprint density at radius 3 is 2.61 bits per heavy atom. The number of ether oxygens (including phenoxy) is 2. The maximum atomic E-state index is 13.3. The monoisotopic (exact) mass is 467 g/mol. The molecule has 0 aliphatic heterocycles. The van der Waals surface area contributed by atoms with E-state index in [2.05, 4.69) is 10.3 Å². The first kappa shape index (κ1) is 22.5. The second kappa shape index (κ2) is 9.83. The van der Waals surface area contributed by atoms with Gasteiger partial charge in [0.2, 0.25) is 5.91 Å². The molecule has 2 aromatic carbocycles. The summed E-state index contributed by atoms with van der Waals surface area (Å²) < 4.78 is 25.7. The normalized spacial score (nSPS) is 10.9. The Morgan fingerprint density at radius 1 is 1.12 bits per heavy atom. The quantitative estimate of drug-likeness (QED) is 0.406. The summed E-state index contributed by atoms with van der Waals surface area (Å²) >= 11 is 1.32. The molecule has 0 bridgehead atoms. The van der Waals surface area contributed by atoms with Gasteiger partial charge in [-0.05, 0) is 43.7 Å². The van der Waals surface area contributed by atoms with Crippen LogP contribution in [0.2, 0.25) is 0 Å². The van der Waals surface area contributed by atoms with E-state index in [0.29, 0.717) is 51.7 Å². The minimum atomic E-state index is -0.411. The van der Waals surface area contributed by atoms with Gasteiger partial charge in [0.25, 0.3) is 5.56 Å². The molecular formula is C24H22FN3O4S. The number of carbonyl (C=O) groups is 1. The van der Waals surface area contributed by atoms with E-state index in [1.165, 1.54) is 34.4 Å². The molecule has 2 aromatic heterocycles. The number of anilines is 1. The molecule has 1 N–H and O–H groups in total. The Kier molecular flexibility index (Phi) is 6.69. The fourth-order valence-corrected chi connectivity index (χ4v) is 4.32. The number of amides is 1. The number of benzene rings is 2. The van der Waals surface area contributed by atoms with Crippen molar-refractivity contribution < 1.29 is 18.7 Å². The van der Waals surface area contributed by atoms with Gasteiger partial charge >= 0.3 is 0 Å². The second-order valence-electron chi connectivity index (χ2n) is 7.09. The van der Waals surface area contributed by atoms with E-state index in [9.17, 15) is 14.0 Å². The molecule has 9 heteroatoms. The number of aromatic nitrogens is 2. The Morgan fingerprint density at radius 2 is 1.88 bits per heavy atom. The maximum absolute atomic E-state index is 13.3. The van der Waals surface area contributed by atoms with Gasteiger partial charge in [-0.15, -0.1) is 11.3 Å². The SMILES string of the molecule is CCOc1ccc(OCC)c(NC(=O)Cn2cnc3scc(-c4ccc(F)cc4)c3c2=O)c1. The summed E-state index contributed by atoms with van der Waals surface area (Å²) in [5.74, 6) is 0.335. The molecule has 33 heavy (non-hydrogen) atoms. The molecule has 0 saturated carbocycles. The molecule has 0 aliphatic rings. The van der Waals surface area contributed by atoms with Crippen molar-refractivity contribution in [1.29, 1.82) is 0 Å². The number of nitrogens with one attached hydrogen (secondary N) is 1. The molecule has 7 nitrogen and oxygen atoms in total. The number of halogens is 1. The molecule has 0 aliphatic carbocycles. The zero-order valence-electron chi connectivity index (χ0n) is 18.1. The largest absolute Gasteiger partial charge is 0.494 e. The van der Waals surface area contributed by atoms with Crippen molar-refractivity contribution in [3.05, 3.63) is 70.3 Å². The molecule has 0 saturated heterocycles. The van der Waals surface area contributed by atoms with Crippen molar-refractivity contribution in [2.45, 2.75) is 20.4 Å². The van der Waals surface area contributed by atoms with Crippen molar-refractivity contribution in [3.8, 4) is 22.6 Å². The number of hydrogen-bond acceptors (Lipinski definition) is 6. The first-order valence-electron chi connectivity index (χ1n) is 10.4. The predicted molar refractivity (Wildman–Crippen MR) is 127 cm³/mol. The summed E-state index contributed by atoms with van der Waals surface area (Å²) in [4.78, 5) is 30.9. The fourth-order valence-electron chi connectivity index (χ4n) is 3.41. The summed E-state index contributed by atoms with van der Waals surface area (Å²) in [6, 6.07) is 11.1. The molecule has 1 amide bonds. The van der Waals surface area contributed by atoms with E-state index < -0.39 is 5.91 Å². The van der Waals surface area contributed by atoms with Crippen LogP contribution in [0.15, 0.2) is 59.0 Å². The summed E-state index contributed by atoms with van der Waals surface area (Å²) in [6.07, 6.45) is 1.36. The number of hydrogen-bond donors (Lipinski definition) is 1.